The summed E-state index contributed by atoms with van der Waals surface area (Å²) in [4.78, 5) is 24.3. The highest BCUT2D eigenvalue weighted by atomic mass is 16.5. The van der Waals surface area contributed by atoms with Crippen LogP contribution in [0.4, 0.5) is 0 Å². The summed E-state index contributed by atoms with van der Waals surface area (Å²) in [5, 5.41) is 8.99. The van der Waals surface area contributed by atoms with E-state index in [0.29, 0.717) is 12.0 Å². The second kappa shape index (κ2) is 8.95. The van der Waals surface area contributed by atoms with Crippen molar-refractivity contribution >= 4 is 17.3 Å². The van der Waals surface area contributed by atoms with Crippen LogP contribution in [0.15, 0.2) is 47.6 Å². The number of ether oxygens (including phenoxy) is 1. The summed E-state index contributed by atoms with van der Waals surface area (Å²) >= 11 is 0. The van der Waals surface area contributed by atoms with Gasteiger partial charge in [0.05, 0.1) is 12.2 Å². The van der Waals surface area contributed by atoms with Gasteiger partial charge in [-0.15, -0.1) is 0 Å². The van der Waals surface area contributed by atoms with E-state index < -0.39 is 5.97 Å². The molecular formula is C18H22O4. The zero-order valence-corrected chi connectivity index (χ0v) is 13.3. The minimum absolute atomic E-state index is 0.0860. The molecule has 0 amide bonds. The van der Waals surface area contributed by atoms with Crippen LogP contribution in [0.25, 0.3) is 5.57 Å². The largest absolute Gasteiger partial charge is 0.462 e. The normalized spacial score (nSPS) is 12.6. The molecular weight excluding hydrogens is 280 g/mol. The van der Waals surface area contributed by atoms with Crippen LogP contribution in [-0.2, 0) is 14.3 Å². The third-order valence-corrected chi connectivity index (χ3v) is 3.19. The van der Waals surface area contributed by atoms with Gasteiger partial charge in [0.15, 0.2) is 5.78 Å². The fraction of sp³-hybridized carbons (Fsp3) is 0.333. The Morgan fingerprint density at radius 3 is 2.32 bits per heavy atom. The van der Waals surface area contributed by atoms with E-state index in [1.54, 1.807) is 19.9 Å². The van der Waals surface area contributed by atoms with Crippen LogP contribution < -0.4 is 0 Å². The minimum Gasteiger partial charge on any atom is -0.462 e. The maximum Gasteiger partial charge on any atom is 0.339 e. The van der Waals surface area contributed by atoms with E-state index in [0.717, 1.165) is 5.56 Å². The zero-order valence-electron chi connectivity index (χ0n) is 13.3. The second-order valence-corrected chi connectivity index (χ2v) is 4.77. The molecule has 1 rings (SSSR count). The molecule has 0 unspecified atom stereocenters. The highest BCUT2D eigenvalue weighted by Crippen LogP contribution is 2.25. The van der Waals surface area contributed by atoms with E-state index in [9.17, 15) is 9.59 Å². The van der Waals surface area contributed by atoms with Crippen molar-refractivity contribution in [3.63, 3.8) is 0 Å². The third-order valence-electron chi connectivity index (χ3n) is 3.19. The molecule has 0 atom stereocenters. The predicted molar refractivity (Wildman–Crippen MR) is 86.1 cm³/mol. The van der Waals surface area contributed by atoms with Crippen LogP contribution in [0.1, 0.15) is 32.8 Å². The quantitative estimate of drug-likeness (QED) is 0.478. The summed E-state index contributed by atoms with van der Waals surface area (Å²) < 4.78 is 5.11. The summed E-state index contributed by atoms with van der Waals surface area (Å²) in [6, 6.07) is 9.37. The average molecular weight is 302 g/mol. The highest BCUT2D eigenvalue weighted by molar-refractivity contribution is 6.13. The SMILES string of the molecule is CCOC(=O)C(/C(=C/CCO)C(C)=O)=C(/C)c1ccccc1. The summed E-state index contributed by atoms with van der Waals surface area (Å²) in [6.45, 7) is 5.06. The molecule has 0 aromatic heterocycles. The number of aliphatic hydroxyl groups excluding tert-OH is 1. The number of carbonyl (C=O) groups is 2. The summed E-state index contributed by atoms with van der Waals surface area (Å²) in [6.07, 6.45) is 1.89. The molecule has 0 spiro atoms. The van der Waals surface area contributed by atoms with Crippen molar-refractivity contribution in [3.8, 4) is 0 Å². The summed E-state index contributed by atoms with van der Waals surface area (Å²) in [7, 11) is 0. The molecule has 0 bridgehead atoms. The smallest absolute Gasteiger partial charge is 0.339 e. The number of aliphatic hydroxyl groups is 1. The van der Waals surface area contributed by atoms with Crippen LogP contribution in [0.5, 0.6) is 0 Å². The predicted octanol–water partition coefficient (Wildman–Crippen LogP) is 2.92. The molecule has 22 heavy (non-hydrogen) atoms. The van der Waals surface area contributed by atoms with Crippen LogP contribution in [0.2, 0.25) is 0 Å². The Bertz CT molecular complexity index is 582. The average Bonchev–Trinajstić information content (AvgIpc) is 2.51. The third kappa shape index (κ3) is 4.67. The van der Waals surface area contributed by atoms with Crippen molar-refractivity contribution in [1.29, 1.82) is 0 Å². The molecule has 4 nitrogen and oxygen atoms in total. The van der Waals surface area contributed by atoms with Gasteiger partial charge in [0.2, 0.25) is 0 Å². The molecule has 4 heteroatoms. The van der Waals surface area contributed by atoms with E-state index in [1.165, 1.54) is 6.92 Å². The number of hydrogen-bond acceptors (Lipinski definition) is 4. The Labute approximate surface area is 131 Å². The van der Waals surface area contributed by atoms with E-state index in [2.05, 4.69) is 0 Å². The van der Waals surface area contributed by atoms with Crippen LogP contribution in [-0.4, -0.2) is 30.1 Å². The molecule has 0 aliphatic heterocycles. The van der Waals surface area contributed by atoms with E-state index in [-0.39, 0.29) is 30.1 Å². The van der Waals surface area contributed by atoms with Gasteiger partial charge >= 0.3 is 5.97 Å². The van der Waals surface area contributed by atoms with Crippen molar-refractivity contribution in [2.75, 3.05) is 13.2 Å². The Morgan fingerprint density at radius 1 is 1.18 bits per heavy atom. The van der Waals surface area contributed by atoms with Gasteiger partial charge < -0.3 is 9.84 Å². The van der Waals surface area contributed by atoms with Crippen LogP contribution >= 0.6 is 0 Å². The van der Waals surface area contributed by atoms with Gasteiger partial charge in [-0.3, -0.25) is 4.79 Å². The van der Waals surface area contributed by atoms with Crippen LogP contribution in [0, 0.1) is 0 Å². The topological polar surface area (TPSA) is 63.6 Å². The lowest BCUT2D eigenvalue weighted by Crippen LogP contribution is -2.15. The monoisotopic (exact) mass is 302 g/mol. The Morgan fingerprint density at radius 2 is 1.82 bits per heavy atom. The maximum atomic E-state index is 12.3. The van der Waals surface area contributed by atoms with Gasteiger partial charge in [0, 0.05) is 12.2 Å². The Kier molecular flexibility index (Phi) is 7.26. The standard InChI is InChI=1S/C18H22O4/c1-4-22-18(21)17(16(14(3)20)11-8-12-19)13(2)15-9-6-5-7-10-15/h5-7,9-11,19H,4,8,12H2,1-3H3/b16-11+,17-13-. The molecule has 0 aliphatic carbocycles. The first-order valence-corrected chi connectivity index (χ1v) is 7.28. The first-order chi connectivity index (χ1) is 10.5. The van der Waals surface area contributed by atoms with Gasteiger partial charge in [0.1, 0.15) is 0 Å². The van der Waals surface area contributed by atoms with Gasteiger partial charge in [-0.2, -0.15) is 0 Å². The summed E-state index contributed by atoms with van der Waals surface area (Å²) in [5.74, 6) is -0.755. The fourth-order valence-corrected chi connectivity index (χ4v) is 2.13. The molecule has 0 radical (unpaired) electrons. The number of Topliss-reactive ketones (excluding diaryl/α,β-unsaturated/α-hetero) is 1. The molecule has 1 aromatic rings. The molecule has 0 saturated heterocycles. The lowest BCUT2D eigenvalue weighted by molar-refractivity contribution is -0.138. The van der Waals surface area contributed by atoms with E-state index >= 15 is 0 Å². The van der Waals surface area contributed by atoms with Crippen molar-refractivity contribution in [2.45, 2.75) is 27.2 Å². The molecule has 1 N–H and O–H groups in total. The number of hydrogen-bond donors (Lipinski definition) is 1. The molecule has 0 saturated carbocycles. The molecule has 118 valence electrons. The van der Waals surface area contributed by atoms with Crippen molar-refractivity contribution in [1.82, 2.24) is 0 Å². The number of rotatable bonds is 7. The molecule has 0 heterocycles. The first kappa shape index (κ1) is 17.9. The van der Waals surface area contributed by atoms with Gasteiger partial charge in [-0.25, -0.2) is 4.79 Å². The fourth-order valence-electron chi connectivity index (χ4n) is 2.13. The second-order valence-electron chi connectivity index (χ2n) is 4.77. The maximum absolute atomic E-state index is 12.3. The Hall–Kier alpha value is -2.20. The number of ketones is 1. The van der Waals surface area contributed by atoms with E-state index in [4.69, 9.17) is 9.84 Å². The number of allylic oxidation sites excluding steroid dienone is 1. The summed E-state index contributed by atoms with van der Waals surface area (Å²) in [5.41, 5.74) is 2.07. The zero-order chi connectivity index (χ0) is 16.5. The van der Waals surface area contributed by atoms with Gasteiger partial charge in [-0.05, 0) is 38.3 Å². The lowest BCUT2D eigenvalue weighted by atomic mass is 9.93. The van der Waals surface area contributed by atoms with E-state index in [1.807, 2.05) is 30.3 Å². The van der Waals surface area contributed by atoms with Gasteiger partial charge in [0.25, 0.3) is 0 Å². The van der Waals surface area contributed by atoms with Gasteiger partial charge in [-0.1, -0.05) is 36.4 Å². The van der Waals surface area contributed by atoms with Crippen molar-refractivity contribution < 1.29 is 19.4 Å². The highest BCUT2D eigenvalue weighted by Gasteiger charge is 2.22. The minimum atomic E-state index is -0.525. The van der Waals surface area contributed by atoms with Crippen molar-refractivity contribution in [3.05, 3.63) is 53.1 Å². The number of carbonyl (C=O) groups excluding carboxylic acids is 2. The van der Waals surface area contributed by atoms with Crippen LogP contribution in [0.3, 0.4) is 0 Å². The molecule has 0 aliphatic rings. The number of esters is 1. The lowest BCUT2D eigenvalue weighted by Gasteiger charge is -2.13. The van der Waals surface area contributed by atoms with Crippen molar-refractivity contribution in [2.24, 2.45) is 0 Å². The first-order valence-electron chi connectivity index (χ1n) is 7.28. The Balaban J connectivity index is 3.46. The number of benzene rings is 1. The molecule has 0 fully saturated rings. The molecule has 1 aromatic carbocycles.